The molecule has 0 spiro atoms. The molecule has 0 radical (unpaired) electrons. The van der Waals surface area contributed by atoms with Crippen molar-refractivity contribution in [2.75, 3.05) is 7.11 Å². The van der Waals surface area contributed by atoms with Crippen molar-refractivity contribution in [1.29, 1.82) is 10.5 Å². The molecule has 206 valence electrons. The second-order valence-corrected chi connectivity index (χ2v) is 10.8. The van der Waals surface area contributed by atoms with Gasteiger partial charge in [0.05, 0.1) is 46.0 Å². The average Bonchev–Trinajstić information content (AvgIpc) is 3.60. The number of fused-ring (bicyclic) bond motifs is 6. The number of nitrogens with zero attached hydrogens (tertiary/aromatic N) is 4. The summed E-state index contributed by atoms with van der Waals surface area (Å²) < 4.78 is 10.1. The Bertz CT molecular complexity index is 2510. The third-order valence-corrected chi connectivity index (χ3v) is 8.51. The van der Waals surface area contributed by atoms with E-state index in [1.54, 1.807) is 13.2 Å². The zero-order chi connectivity index (χ0) is 29.8. The summed E-state index contributed by atoms with van der Waals surface area (Å²) in [6.45, 7) is 0. The fraction of sp³-hybridized carbons (Fsp3) is 0.0256. The molecule has 2 aromatic heterocycles. The third kappa shape index (κ3) is 3.64. The van der Waals surface area contributed by atoms with Gasteiger partial charge < -0.3 is 13.9 Å². The van der Waals surface area contributed by atoms with E-state index in [4.69, 9.17) is 4.74 Å². The minimum Gasteiger partial charge on any atom is -0.497 e. The van der Waals surface area contributed by atoms with Crippen molar-refractivity contribution in [2.45, 2.75) is 0 Å². The predicted octanol–water partition coefficient (Wildman–Crippen LogP) is 9.30. The smallest absolute Gasteiger partial charge is 0.119 e. The van der Waals surface area contributed by atoms with Crippen LogP contribution in [0.3, 0.4) is 0 Å². The Hall–Kier alpha value is -6.30. The maximum atomic E-state index is 10.1. The lowest BCUT2D eigenvalue weighted by atomic mass is 9.98. The first-order chi connectivity index (χ1) is 21.7. The van der Waals surface area contributed by atoms with E-state index in [9.17, 15) is 10.5 Å². The van der Waals surface area contributed by atoms with Gasteiger partial charge in [0.25, 0.3) is 0 Å². The van der Waals surface area contributed by atoms with Gasteiger partial charge in [0.15, 0.2) is 0 Å². The number of methoxy groups -OCH3 is 1. The Morgan fingerprint density at radius 3 is 2.14 bits per heavy atom. The van der Waals surface area contributed by atoms with E-state index in [2.05, 4.69) is 112 Å². The van der Waals surface area contributed by atoms with Gasteiger partial charge in [-0.05, 0) is 71.8 Å². The van der Waals surface area contributed by atoms with Crippen molar-refractivity contribution in [3.63, 3.8) is 0 Å². The Balaban J connectivity index is 1.48. The van der Waals surface area contributed by atoms with Crippen LogP contribution in [0.15, 0.2) is 127 Å². The molecule has 0 atom stereocenters. The Morgan fingerprint density at radius 2 is 1.32 bits per heavy atom. The molecule has 0 saturated heterocycles. The van der Waals surface area contributed by atoms with Crippen molar-refractivity contribution < 1.29 is 4.74 Å². The summed E-state index contributed by atoms with van der Waals surface area (Å²) in [4.78, 5) is 0. The highest BCUT2D eigenvalue weighted by Crippen LogP contribution is 2.42. The fourth-order valence-electron chi connectivity index (χ4n) is 6.61. The highest BCUT2D eigenvalue weighted by atomic mass is 16.5. The lowest BCUT2D eigenvalue weighted by molar-refractivity contribution is 0.415. The summed E-state index contributed by atoms with van der Waals surface area (Å²) in [6.07, 6.45) is 0. The zero-order valence-electron chi connectivity index (χ0n) is 23.8. The van der Waals surface area contributed by atoms with Gasteiger partial charge in [-0.15, -0.1) is 0 Å². The van der Waals surface area contributed by atoms with Gasteiger partial charge in [-0.1, -0.05) is 66.7 Å². The van der Waals surface area contributed by atoms with E-state index in [1.165, 1.54) is 10.8 Å². The standard InChI is InChI=1S/C39H24N4O/c1-44-28-18-20-36-32(22-28)39-29(13-8-16-37(39)43(36)35-15-7-9-26(23-40)33(35)24-41)25-17-19-31-30-12-5-6-14-34(30)42(38(31)21-25)27-10-3-2-4-11-27/h2-22H,1H3. The number of aromatic nitrogens is 2. The molecule has 5 heteroatoms. The van der Waals surface area contributed by atoms with E-state index in [0.717, 1.165) is 55.4 Å². The number of rotatable bonds is 4. The fourth-order valence-corrected chi connectivity index (χ4v) is 6.61. The van der Waals surface area contributed by atoms with Gasteiger partial charge in [0.2, 0.25) is 0 Å². The molecular weight excluding hydrogens is 540 g/mol. The van der Waals surface area contributed by atoms with Gasteiger partial charge in [-0.3, -0.25) is 0 Å². The van der Waals surface area contributed by atoms with Crippen LogP contribution in [-0.2, 0) is 0 Å². The molecule has 0 aliphatic rings. The molecule has 0 bridgehead atoms. The van der Waals surface area contributed by atoms with Gasteiger partial charge in [0, 0.05) is 27.2 Å². The number of nitriles is 2. The van der Waals surface area contributed by atoms with Crippen LogP contribution in [0.2, 0.25) is 0 Å². The van der Waals surface area contributed by atoms with Crippen molar-refractivity contribution in [2.24, 2.45) is 0 Å². The molecule has 5 nitrogen and oxygen atoms in total. The van der Waals surface area contributed by atoms with Crippen LogP contribution in [0.4, 0.5) is 0 Å². The van der Waals surface area contributed by atoms with Crippen LogP contribution in [-0.4, -0.2) is 16.2 Å². The molecule has 0 N–H and O–H groups in total. The number of hydrogen-bond donors (Lipinski definition) is 0. The van der Waals surface area contributed by atoms with Crippen LogP contribution >= 0.6 is 0 Å². The van der Waals surface area contributed by atoms with E-state index in [0.29, 0.717) is 16.8 Å². The van der Waals surface area contributed by atoms with E-state index in [-0.39, 0.29) is 0 Å². The van der Waals surface area contributed by atoms with E-state index in [1.807, 2.05) is 30.3 Å². The normalized spacial score (nSPS) is 11.2. The maximum absolute atomic E-state index is 10.1. The molecule has 6 aromatic carbocycles. The monoisotopic (exact) mass is 564 g/mol. The summed E-state index contributed by atoms with van der Waals surface area (Å²) in [5.74, 6) is 0.747. The molecule has 0 aliphatic carbocycles. The topological polar surface area (TPSA) is 66.7 Å². The summed E-state index contributed by atoms with van der Waals surface area (Å²) in [5.41, 5.74) is 8.80. The average molecular weight is 565 g/mol. The molecular formula is C39H24N4O. The lowest BCUT2D eigenvalue weighted by Gasteiger charge is -2.12. The van der Waals surface area contributed by atoms with Crippen LogP contribution < -0.4 is 4.74 Å². The molecule has 0 saturated carbocycles. The summed E-state index contributed by atoms with van der Waals surface area (Å²) in [7, 11) is 1.67. The Morgan fingerprint density at radius 1 is 0.568 bits per heavy atom. The first kappa shape index (κ1) is 25.4. The SMILES string of the molecule is COc1ccc2c(c1)c1c(-c3ccc4c5ccccc5n(-c5ccccc5)c4c3)cccc1n2-c1cccc(C#N)c1C#N. The molecule has 44 heavy (non-hydrogen) atoms. The minimum absolute atomic E-state index is 0.351. The van der Waals surface area contributed by atoms with Gasteiger partial charge in [-0.2, -0.15) is 10.5 Å². The second-order valence-electron chi connectivity index (χ2n) is 10.8. The summed E-state index contributed by atoms with van der Waals surface area (Å²) in [6, 6.07) is 47.9. The minimum atomic E-state index is 0.351. The second kappa shape index (κ2) is 9.91. The largest absolute Gasteiger partial charge is 0.497 e. The van der Waals surface area contributed by atoms with Crippen molar-refractivity contribution >= 4 is 43.6 Å². The van der Waals surface area contributed by atoms with Crippen molar-refractivity contribution in [3.8, 4) is 40.4 Å². The highest BCUT2D eigenvalue weighted by Gasteiger charge is 2.21. The molecule has 0 aliphatic heterocycles. The van der Waals surface area contributed by atoms with Crippen LogP contribution in [0.5, 0.6) is 5.75 Å². The molecule has 0 fully saturated rings. The predicted molar refractivity (Wildman–Crippen MR) is 177 cm³/mol. The summed E-state index contributed by atoms with van der Waals surface area (Å²) >= 11 is 0. The van der Waals surface area contributed by atoms with Crippen LogP contribution in [0, 0.1) is 22.7 Å². The van der Waals surface area contributed by atoms with Gasteiger partial charge in [0.1, 0.15) is 17.9 Å². The van der Waals surface area contributed by atoms with Crippen molar-refractivity contribution in [3.05, 3.63) is 139 Å². The molecule has 8 rings (SSSR count). The number of para-hydroxylation sites is 2. The van der Waals surface area contributed by atoms with Crippen LogP contribution in [0.25, 0.3) is 66.1 Å². The Kier molecular flexibility index (Phi) is 5.72. The van der Waals surface area contributed by atoms with Gasteiger partial charge in [-0.25, -0.2) is 0 Å². The number of benzene rings is 6. The molecule has 0 amide bonds. The number of ether oxygens (including phenoxy) is 1. The van der Waals surface area contributed by atoms with E-state index >= 15 is 0 Å². The number of hydrogen-bond acceptors (Lipinski definition) is 3. The van der Waals surface area contributed by atoms with Crippen LogP contribution in [0.1, 0.15) is 11.1 Å². The summed E-state index contributed by atoms with van der Waals surface area (Å²) in [5, 5.41) is 24.4. The molecule has 8 aromatic rings. The molecule has 0 unspecified atom stereocenters. The first-order valence-electron chi connectivity index (χ1n) is 14.4. The highest BCUT2D eigenvalue weighted by molar-refractivity contribution is 6.17. The third-order valence-electron chi connectivity index (χ3n) is 8.51. The first-order valence-corrected chi connectivity index (χ1v) is 14.4. The lowest BCUT2D eigenvalue weighted by Crippen LogP contribution is -1.99. The zero-order valence-corrected chi connectivity index (χ0v) is 23.8. The van der Waals surface area contributed by atoms with Crippen molar-refractivity contribution in [1.82, 2.24) is 9.13 Å². The van der Waals surface area contributed by atoms with E-state index < -0.39 is 0 Å². The van der Waals surface area contributed by atoms with Gasteiger partial charge >= 0.3 is 0 Å². The quantitative estimate of drug-likeness (QED) is 0.214. The molecule has 2 heterocycles. The Labute approximate surface area is 253 Å². The maximum Gasteiger partial charge on any atom is 0.119 e.